The SMILES string of the molecule is COCC(N)C(=O)N1CC(C)OC(c2ccccc2)C1. The second-order valence-corrected chi connectivity index (χ2v) is 5.15. The molecule has 1 aromatic rings. The number of carbonyl (C=O) groups excluding carboxylic acids is 1. The maximum Gasteiger partial charge on any atom is 0.242 e. The summed E-state index contributed by atoms with van der Waals surface area (Å²) in [6.45, 7) is 3.31. The van der Waals surface area contributed by atoms with Crippen LogP contribution < -0.4 is 5.73 Å². The highest BCUT2D eigenvalue weighted by molar-refractivity contribution is 5.82. The van der Waals surface area contributed by atoms with Gasteiger partial charge in [0, 0.05) is 13.7 Å². The zero-order valence-electron chi connectivity index (χ0n) is 12.0. The maximum absolute atomic E-state index is 12.3. The van der Waals surface area contributed by atoms with E-state index in [9.17, 15) is 4.79 Å². The lowest BCUT2D eigenvalue weighted by molar-refractivity contribution is -0.147. The van der Waals surface area contributed by atoms with Gasteiger partial charge in [0.05, 0.1) is 19.3 Å². The molecule has 1 aliphatic rings. The van der Waals surface area contributed by atoms with E-state index in [2.05, 4.69) is 0 Å². The first-order valence-corrected chi connectivity index (χ1v) is 6.85. The van der Waals surface area contributed by atoms with Crippen LogP contribution in [0.4, 0.5) is 0 Å². The molecule has 20 heavy (non-hydrogen) atoms. The summed E-state index contributed by atoms with van der Waals surface area (Å²) < 4.78 is 10.9. The second-order valence-electron chi connectivity index (χ2n) is 5.15. The van der Waals surface area contributed by atoms with Crippen molar-refractivity contribution in [3.05, 3.63) is 35.9 Å². The minimum atomic E-state index is -0.610. The third-order valence-corrected chi connectivity index (χ3v) is 3.41. The Morgan fingerprint density at radius 2 is 2.15 bits per heavy atom. The Morgan fingerprint density at radius 1 is 1.45 bits per heavy atom. The molecular formula is C15H22N2O3. The molecular weight excluding hydrogens is 256 g/mol. The average molecular weight is 278 g/mol. The number of hydrogen-bond donors (Lipinski definition) is 1. The molecule has 0 aromatic heterocycles. The van der Waals surface area contributed by atoms with Gasteiger partial charge in [-0.3, -0.25) is 4.79 Å². The third kappa shape index (κ3) is 3.56. The molecule has 110 valence electrons. The quantitative estimate of drug-likeness (QED) is 0.890. The highest BCUT2D eigenvalue weighted by Crippen LogP contribution is 2.25. The molecule has 5 heteroatoms. The third-order valence-electron chi connectivity index (χ3n) is 3.41. The number of morpholine rings is 1. The highest BCUT2D eigenvalue weighted by atomic mass is 16.5. The standard InChI is InChI=1S/C15H22N2O3/c1-11-8-17(15(18)13(16)10-19-2)9-14(20-11)12-6-4-3-5-7-12/h3-7,11,13-14H,8-10,16H2,1-2H3. The Morgan fingerprint density at radius 3 is 2.80 bits per heavy atom. The van der Waals surface area contributed by atoms with Crippen molar-refractivity contribution in [3.63, 3.8) is 0 Å². The van der Waals surface area contributed by atoms with Crippen molar-refractivity contribution in [1.82, 2.24) is 4.90 Å². The fourth-order valence-electron chi connectivity index (χ4n) is 2.47. The second kappa shape index (κ2) is 6.83. The van der Waals surface area contributed by atoms with Crippen molar-refractivity contribution in [2.24, 2.45) is 5.73 Å². The average Bonchev–Trinajstić information content (AvgIpc) is 2.47. The first-order valence-electron chi connectivity index (χ1n) is 6.85. The zero-order chi connectivity index (χ0) is 14.5. The zero-order valence-corrected chi connectivity index (χ0v) is 12.0. The van der Waals surface area contributed by atoms with E-state index >= 15 is 0 Å². The molecule has 0 saturated carbocycles. The first kappa shape index (κ1) is 15.0. The van der Waals surface area contributed by atoms with E-state index in [4.69, 9.17) is 15.2 Å². The number of hydrogen-bond acceptors (Lipinski definition) is 4. The van der Waals surface area contributed by atoms with Gasteiger partial charge >= 0.3 is 0 Å². The molecule has 1 fully saturated rings. The summed E-state index contributed by atoms with van der Waals surface area (Å²) in [6.07, 6.45) is -0.105. The number of ether oxygens (including phenoxy) is 2. The summed E-state index contributed by atoms with van der Waals surface area (Å²) >= 11 is 0. The summed E-state index contributed by atoms with van der Waals surface area (Å²) in [6, 6.07) is 9.33. The van der Waals surface area contributed by atoms with Crippen molar-refractivity contribution in [1.29, 1.82) is 0 Å². The van der Waals surface area contributed by atoms with Crippen molar-refractivity contribution < 1.29 is 14.3 Å². The topological polar surface area (TPSA) is 64.8 Å². The molecule has 1 saturated heterocycles. The van der Waals surface area contributed by atoms with Gasteiger partial charge in [0.25, 0.3) is 0 Å². The van der Waals surface area contributed by atoms with Gasteiger partial charge in [-0.2, -0.15) is 0 Å². The number of carbonyl (C=O) groups is 1. The van der Waals surface area contributed by atoms with Gasteiger partial charge in [-0.1, -0.05) is 30.3 Å². The van der Waals surface area contributed by atoms with Gasteiger partial charge < -0.3 is 20.1 Å². The minimum Gasteiger partial charge on any atom is -0.383 e. The van der Waals surface area contributed by atoms with Crippen LogP contribution in [0.1, 0.15) is 18.6 Å². The van der Waals surface area contributed by atoms with Crippen molar-refractivity contribution >= 4 is 5.91 Å². The van der Waals surface area contributed by atoms with E-state index in [1.807, 2.05) is 37.3 Å². The van der Waals surface area contributed by atoms with Crippen molar-refractivity contribution in [2.45, 2.75) is 25.2 Å². The monoisotopic (exact) mass is 278 g/mol. The van der Waals surface area contributed by atoms with Crippen molar-refractivity contribution in [2.75, 3.05) is 26.8 Å². The Bertz CT molecular complexity index is 438. The molecule has 3 unspecified atom stereocenters. The van der Waals surface area contributed by atoms with E-state index in [0.717, 1.165) is 5.56 Å². The highest BCUT2D eigenvalue weighted by Gasteiger charge is 2.31. The first-order chi connectivity index (χ1) is 9.61. The summed E-state index contributed by atoms with van der Waals surface area (Å²) in [7, 11) is 1.54. The number of methoxy groups -OCH3 is 1. The summed E-state index contributed by atoms with van der Waals surface area (Å²) in [5.41, 5.74) is 6.91. The van der Waals surface area contributed by atoms with Crippen LogP contribution in [-0.4, -0.2) is 49.8 Å². The lowest BCUT2D eigenvalue weighted by Crippen LogP contribution is -2.52. The van der Waals surface area contributed by atoms with Crippen LogP contribution in [0, 0.1) is 0 Å². The fraction of sp³-hybridized carbons (Fsp3) is 0.533. The minimum absolute atomic E-state index is 0.00680. The molecule has 1 aliphatic heterocycles. The predicted molar refractivity (Wildman–Crippen MR) is 76.2 cm³/mol. The Balaban J connectivity index is 2.06. The number of rotatable bonds is 4. The predicted octanol–water partition coefficient (Wildman–Crippen LogP) is 0.949. The smallest absolute Gasteiger partial charge is 0.242 e. The van der Waals surface area contributed by atoms with E-state index < -0.39 is 6.04 Å². The van der Waals surface area contributed by atoms with Crippen LogP contribution in [-0.2, 0) is 14.3 Å². The van der Waals surface area contributed by atoms with E-state index in [-0.39, 0.29) is 24.7 Å². The van der Waals surface area contributed by atoms with Crippen LogP contribution >= 0.6 is 0 Å². The molecule has 3 atom stereocenters. The number of nitrogens with zero attached hydrogens (tertiary/aromatic N) is 1. The maximum atomic E-state index is 12.3. The van der Waals surface area contributed by atoms with E-state index in [1.165, 1.54) is 0 Å². The van der Waals surface area contributed by atoms with E-state index in [1.54, 1.807) is 12.0 Å². The molecule has 1 heterocycles. The lowest BCUT2D eigenvalue weighted by atomic mass is 10.1. The summed E-state index contributed by atoms with van der Waals surface area (Å²) in [5.74, 6) is -0.0806. The molecule has 2 rings (SSSR count). The molecule has 2 N–H and O–H groups in total. The fourth-order valence-corrected chi connectivity index (χ4v) is 2.47. The van der Waals surface area contributed by atoms with Gasteiger partial charge in [0.2, 0.25) is 5.91 Å². The van der Waals surface area contributed by atoms with Gasteiger partial charge in [0.15, 0.2) is 0 Å². The number of benzene rings is 1. The largest absolute Gasteiger partial charge is 0.383 e. The molecule has 1 aromatic carbocycles. The molecule has 5 nitrogen and oxygen atoms in total. The summed E-state index contributed by atoms with van der Waals surface area (Å²) in [4.78, 5) is 14.0. The van der Waals surface area contributed by atoms with Gasteiger partial charge in [-0.15, -0.1) is 0 Å². The van der Waals surface area contributed by atoms with Crippen molar-refractivity contribution in [3.8, 4) is 0 Å². The van der Waals surface area contributed by atoms with Crippen LogP contribution in [0.25, 0.3) is 0 Å². The van der Waals surface area contributed by atoms with Gasteiger partial charge in [0.1, 0.15) is 12.1 Å². The lowest BCUT2D eigenvalue weighted by Gasteiger charge is -2.38. The Kier molecular flexibility index (Phi) is 5.11. The Labute approximate surface area is 119 Å². The van der Waals surface area contributed by atoms with Crippen LogP contribution in [0.2, 0.25) is 0 Å². The number of amides is 1. The van der Waals surface area contributed by atoms with E-state index in [0.29, 0.717) is 13.1 Å². The van der Waals surface area contributed by atoms with Crippen LogP contribution in [0.15, 0.2) is 30.3 Å². The van der Waals surface area contributed by atoms with Crippen LogP contribution in [0.3, 0.4) is 0 Å². The van der Waals surface area contributed by atoms with Gasteiger partial charge in [-0.25, -0.2) is 0 Å². The van der Waals surface area contributed by atoms with Crippen LogP contribution in [0.5, 0.6) is 0 Å². The molecule has 0 aliphatic carbocycles. The molecule has 0 bridgehead atoms. The summed E-state index contributed by atoms with van der Waals surface area (Å²) in [5, 5.41) is 0. The van der Waals surface area contributed by atoms with Gasteiger partial charge in [-0.05, 0) is 12.5 Å². The molecule has 0 radical (unpaired) electrons. The normalized spacial score (nSPS) is 24.4. The number of nitrogens with two attached hydrogens (primary N) is 1. The Hall–Kier alpha value is -1.43. The molecule has 0 spiro atoms. The molecule has 1 amide bonds.